The van der Waals surface area contributed by atoms with Crippen molar-refractivity contribution in [2.45, 2.75) is 26.2 Å². The smallest absolute Gasteiger partial charge is 0.278 e. The average molecular weight is 358 g/mol. The van der Waals surface area contributed by atoms with Crippen LogP contribution in [0.25, 0.3) is 0 Å². The Morgan fingerprint density at radius 2 is 1.89 bits per heavy atom. The van der Waals surface area contributed by atoms with E-state index in [2.05, 4.69) is 34.3 Å². The lowest BCUT2D eigenvalue weighted by Crippen LogP contribution is -2.36. The van der Waals surface area contributed by atoms with E-state index in [0.29, 0.717) is 18.1 Å². The van der Waals surface area contributed by atoms with Crippen LogP contribution in [0.15, 0.2) is 60.9 Å². The van der Waals surface area contributed by atoms with E-state index >= 15 is 0 Å². The predicted octanol–water partition coefficient (Wildman–Crippen LogP) is 4.38. The number of benzene rings is 2. The summed E-state index contributed by atoms with van der Waals surface area (Å²) in [6.45, 7) is 2.83. The van der Waals surface area contributed by atoms with Crippen LogP contribution in [0.3, 0.4) is 0 Å². The van der Waals surface area contributed by atoms with Crippen LogP contribution in [0.4, 0.5) is 17.2 Å². The molecule has 0 saturated heterocycles. The molecule has 1 amide bonds. The molecule has 5 heteroatoms. The SMILES string of the molecule is CCc1ccccc1Nc1cnc(C(=O)N2CCCc3ccccc32)cn1. The summed E-state index contributed by atoms with van der Waals surface area (Å²) in [4.78, 5) is 23.5. The number of amides is 1. The van der Waals surface area contributed by atoms with Crippen molar-refractivity contribution < 1.29 is 4.79 Å². The van der Waals surface area contributed by atoms with Crippen molar-refractivity contribution in [3.8, 4) is 0 Å². The number of nitrogens with one attached hydrogen (secondary N) is 1. The van der Waals surface area contributed by atoms with Gasteiger partial charge in [-0.05, 0) is 42.5 Å². The zero-order valence-corrected chi connectivity index (χ0v) is 15.4. The number of aromatic nitrogens is 2. The molecule has 4 rings (SSSR count). The maximum atomic E-state index is 12.9. The number of para-hydroxylation sites is 2. The molecule has 0 atom stereocenters. The second-order valence-corrected chi connectivity index (χ2v) is 6.61. The molecule has 5 nitrogen and oxygen atoms in total. The van der Waals surface area contributed by atoms with E-state index in [-0.39, 0.29) is 5.91 Å². The number of fused-ring (bicyclic) bond motifs is 1. The highest BCUT2D eigenvalue weighted by molar-refractivity contribution is 6.05. The molecule has 0 radical (unpaired) electrons. The van der Waals surface area contributed by atoms with Crippen LogP contribution in [-0.2, 0) is 12.8 Å². The standard InChI is InChI=1S/C22H22N4O/c1-2-16-8-3-5-11-18(16)25-21-15-23-19(14-24-21)22(27)26-13-7-10-17-9-4-6-12-20(17)26/h3-6,8-9,11-12,14-15H,2,7,10,13H2,1H3,(H,24,25). The molecule has 27 heavy (non-hydrogen) atoms. The molecular weight excluding hydrogens is 336 g/mol. The quantitative estimate of drug-likeness (QED) is 0.752. The van der Waals surface area contributed by atoms with E-state index < -0.39 is 0 Å². The molecule has 1 aliphatic heterocycles. The van der Waals surface area contributed by atoms with Gasteiger partial charge < -0.3 is 10.2 Å². The first kappa shape index (κ1) is 17.2. The minimum Gasteiger partial charge on any atom is -0.339 e. The summed E-state index contributed by atoms with van der Waals surface area (Å²) in [5.41, 5.74) is 4.78. The van der Waals surface area contributed by atoms with E-state index in [1.165, 1.54) is 11.1 Å². The highest BCUT2D eigenvalue weighted by atomic mass is 16.2. The number of hydrogen-bond donors (Lipinski definition) is 1. The monoisotopic (exact) mass is 358 g/mol. The van der Waals surface area contributed by atoms with Gasteiger partial charge in [-0.1, -0.05) is 43.3 Å². The van der Waals surface area contributed by atoms with Crippen LogP contribution >= 0.6 is 0 Å². The minimum atomic E-state index is -0.102. The third-order valence-electron chi connectivity index (χ3n) is 4.89. The summed E-state index contributed by atoms with van der Waals surface area (Å²) in [5, 5.41) is 3.29. The van der Waals surface area contributed by atoms with Gasteiger partial charge >= 0.3 is 0 Å². The van der Waals surface area contributed by atoms with Crippen LogP contribution in [0.2, 0.25) is 0 Å². The molecule has 0 spiro atoms. The zero-order chi connectivity index (χ0) is 18.6. The molecule has 0 saturated carbocycles. The fraction of sp³-hybridized carbons (Fsp3) is 0.227. The molecule has 0 unspecified atom stereocenters. The second kappa shape index (κ2) is 7.58. The van der Waals surface area contributed by atoms with Gasteiger partial charge in [-0.15, -0.1) is 0 Å². The summed E-state index contributed by atoms with van der Waals surface area (Å²) in [6, 6.07) is 16.2. The predicted molar refractivity (Wildman–Crippen MR) is 108 cm³/mol. The number of nitrogens with zero attached hydrogens (tertiary/aromatic N) is 3. The fourth-order valence-corrected chi connectivity index (χ4v) is 3.47. The lowest BCUT2D eigenvalue weighted by molar-refractivity contribution is 0.0980. The first-order valence-electron chi connectivity index (χ1n) is 9.33. The van der Waals surface area contributed by atoms with E-state index in [1.807, 2.05) is 41.3 Å². The van der Waals surface area contributed by atoms with Gasteiger partial charge in [-0.2, -0.15) is 0 Å². The Balaban J connectivity index is 1.54. The van der Waals surface area contributed by atoms with Crippen LogP contribution in [0.1, 0.15) is 35.0 Å². The highest BCUT2D eigenvalue weighted by Gasteiger charge is 2.24. The minimum absolute atomic E-state index is 0.102. The first-order valence-corrected chi connectivity index (χ1v) is 9.33. The summed E-state index contributed by atoms with van der Waals surface area (Å²) in [5.74, 6) is 0.529. The van der Waals surface area contributed by atoms with Crippen molar-refractivity contribution in [3.05, 3.63) is 77.7 Å². The summed E-state index contributed by atoms with van der Waals surface area (Å²) >= 11 is 0. The molecule has 0 aliphatic carbocycles. The van der Waals surface area contributed by atoms with Gasteiger partial charge in [0.05, 0.1) is 12.4 Å². The Kier molecular flexibility index (Phi) is 4.83. The van der Waals surface area contributed by atoms with Gasteiger partial charge in [0.2, 0.25) is 0 Å². The Morgan fingerprint density at radius 3 is 2.70 bits per heavy atom. The van der Waals surface area contributed by atoms with Crippen molar-refractivity contribution in [1.29, 1.82) is 0 Å². The number of anilines is 3. The number of carbonyl (C=O) groups is 1. The summed E-state index contributed by atoms with van der Waals surface area (Å²) in [7, 11) is 0. The van der Waals surface area contributed by atoms with E-state index in [4.69, 9.17) is 0 Å². The first-order chi connectivity index (χ1) is 13.3. The Morgan fingerprint density at radius 1 is 1.07 bits per heavy atom. The lowest BCUT2D eigenvalue weighted by atomic mass is 10.0. The molecule has 1 N–H and O–H groups in total. The zero-order valence-electron chi connectivity index (χ0n) is 15.4. The summed E-state index contributed by atoms with van der Waals surface area (Å²) in [6.07, 6.45) is 6.07. The number of rotatable bonds is 4. The van der Waals surface area contributed by atoms with Gasteiger partial charge in [0.15, 0.2) is 0 Å². The van der Waals surface area contributed by atoms with Crippen LogP contribution in [0.5, 0.6) is 0 Å². The molecule has 136 valence electrons. The molecule has 2 aromatic carbocycles. The van der Waals surface area contributed by atoms with Crippen LogP contribution in [-0.4, -0.2) is 22.4 Å². The number of aryl methyl sites for hydroxylation is 2. The third kappa shape index (κ3) is 3.53. The van der Waals surface area contributed by atoms with Gasteiger partial charge in [-0.3, -0.25) is 4.79 Å². The third-order valence-corrected chi connectivity index (χ3v) is 4.89. The molecule has 1 aromatic heterocycles. The lowest BCUT2D eigenvalue weighted by Gasteiger charge is -2.29. The largest absolute Gasteiger partial charge is 0.339 e. The Hall–Kier alpha value is -3.21. The molecular formula is C22H22N4O. The Bertz CT molecular complexity index is 953. The average Bonchev–Trinajstić information content (AvgIpc) is 2.74. The van der Waals surface area contributed by atoms with Gasteiger partial charge in [0, 0.05) is 17.9 Å². The van der Waals surface area contributed by atoms with E-state index in [9.17, 15) is 4.79 Å². The maximum absolute atomic E-state index is 12.9. The molecule has 0 bridgehead atoms. The fourth-order valence-electron chi connectivity index (χ4n) is 3.47. The topological polar surface area (TPSA) is 58.1 Å². The van der Waals surface area contributed by atoms with Gasteiger partial charge in [0.1, 0.15) is 11.5 Å². The van der Waals surface area contributed by atoms with E-state index in [1.54, 1.807) is 12.4 Å². The van der Waals surface area contributed by atoms with Crippen molar-refractivity contribution >= 4 is 23.1 Å². The van der Waals surface area contributed by atoms with E-state index in [0.717, 1.165) is 30.6 Å². The molecule has 1 aliphatic rings. The second-order valence-electron chi connectivity index (χ2n) is 6.61. The van der Waals surface area contributed by atoms with Crippen molar-refractivity contribution in [3.63, 3.8) is 0 Å². The number of hydrogen-bond acceptors (Lipinski definition) is 4. The van der Waals surface area contributed by atoms with Crippen molar-refractivity contribution in [2.75, 3.05) is 16.8 Å². The van der Waals surface area contributed by atoms with Crippen LogP contribution < -0.4 is 10.2 Å². The molecule has 2 heterocycles. The van der Waals surface area contributed by atoms with Gasteiger partial charge in [-0.25, -0.2) is 9.97 Å². The van der Waals surface area contributed by atoms with Gasteiger partial charge in [0.25, 0.3) is 5.91 Å². The Labute approximate surface area is 159 Å². The summed E-state index contributed by atoms with van der Waals surface area (Å²) < 4.78 is 0. The molecule has 3 aromatic rings. The maximum Gasteiger partial charge on any atom is 0.278 e. The highest BCUT2D eigenvalue weighted by Crippen LogP contribution is 2.28. The van der Waals surface area contributed by atoms with Crippen molar-refractivity contribution in [2.24, 2.45) is 0 Å². The van der Waals surface area contributed by atoms with Crippen molar-refractivity contribution in [1.82, 2.24) is 9.97 Å². The van der Waals surface area contributed by atoms with Crippen LogP contribution in [0, 0.1) is 0 Å². The number of carbonyl (C=O) groups excluding carboxylic acids is 1. The normalized spacial score (nSPS) is 13.1. The molecule has 0 fully saturated rings.